The Hall–Kier alpha value is -2.07. The summed E-state index contributed by atoms with van der Waals surface area (Å²) in [5.41, 5.74) is 1.93. The van der Waals surface area contributed by atoms with Crippen molar-refractivity contribution < 1.29 is 18.6 Å². The van der Waals surface area contributed by atoms with E-state index in [4.69, 9.17) is 14.2 Å². The summed E-state index contributed by atoms with van der Waals surface area (Å²) in [5, 5.41) is 6.48. The maximum absolute atomic E-state index is 13.1. The van der Waals surface area contributed by atoms with Crippen LogP contribution in [0.1, 0.15) is 24.2 Å². The molecule has 3 rings (SSSR count). The lowest BCUT2D eigenvalue weighted by atomic mass is 10.1. The summed E-state index contributed by atoms with van der Waals surface area (Å²) in [4.78, 5) is 4.61. The Bertz CT molecular complexity index is 787. The minimum Gasteiger partial charge on any atom is -0.454 e. The number of hydrogen-bond donors (Lipinski definition) is 2. The van der Waals surface area contributed by atoms with E-state index in [-0.39, 0.29) is 42.7 Å². The number of aliphatic imine (C=N–C) groups is 1. The molecule has 0 amide bonds. The first-order chi connectivity index (χ1) is 13.2. The smallest absolute Gasteiger partial charge is 0.231 e. The molecule has 0 fully saturated rings. The van der Waals surface area contributed by atoms with Gasteiger partial charge in [0.25, 0.3) is 0 Å². The highest BCUT2D eigenvalue weighted by atomic mass is 127. The number of ether oxygens (including phenoxy) is 3. The van der Waals surface area contributed by atoms with Crippen LogP contribution in [-0.4, -0.2) is 33.0 Å². The first-order valence-electron chi connectivity index (χ1n) is 8.88. The Kier molecular flexibility index (Phi) is 8.78. The molecule has 0 bridgehead atoms. The van der Waals surface area contributed by atoms with Gasteiger partial charge in [-0.05, 0) is 42.3 Å². The molecule has 0 aliphatic carbocycles. The van der Waals surface area contributed by atoms with Crippen LogP contribution in [0.25, 0.3) is 0 Å². The first-order valence-corrected chi connectivity index (χ1v) is 8.88. The van der Waals surface area contributed by atoms with E-state index in [9.17, 15) is 4.39 Å². The molecule has 1 aliphatic heterocycles. The average molecular weight is 501 g/mol. The second kappa shape index (κ2) is 11.1. The van der Waals surface area contributed by atoms with Crippen molar-refractivity contribution in [2.75, 3.05) is 27.0 Å². The van der Waals surface area contributed by atoms with Crippen LogP contribution >= 0.6 is 24.0 Å². The van der Waals surface area contributed by atoms with E-state index in [2.05, 4.69) is 15.6 Å². The third-order valence-electron chi connectivity index (χ3n) is 4.18. The molecule has 2 N–H and O–H groups in total. The van der Waals surface area contributed by atoms with Gasteiger partial charge in [0.15, 0.2) is 17.5 Å². The largest absolute Gasteiger partial charge is 0.454 e. The Morgan fingerprint density at radius 2 is 1.89 bits per heavy atom. The maximum atomic E-state index is 13.1. The van der Waals surface area contributed by atoms with Crippen LogP contribution in [0.2, 0.25) is 0 Å². The number of methoxy groups -OCH3 is 1. The number of rotatable bonds is 7. The quantitative estimate of drug-likeness (QED) is 0.345. The molecule has 2 aromatic carbocycles. The maximum Gasteiger partial charge on any atom is 0.231 e. The highest BCUT2D eigenvalue weighted by Gasteiger charge is 2.14. The molecule has 1 atom stereocenters. The predicted octanol–water partition coefficient (Wildman–Crippen LogP) is 3.62. The van der Waals surface area contributed by atoms with E-state index < -0.39 is 0 Å². The summed E-state index contributed by atoms with van der Waals surface area (Å²) in [6, 6.07) is 12.1. The topological polar surface area (TPSA) is 64.1 Å². The van der Waals surface area contributed by atoms with E-state index in [0.717, 1.165) is 29.2 Å². The fourth-order valence-corrected chi connectivity index (χ4v) is 2.76. The van der Waals surface area contributed by atoms with E-state index >= 15 is 0 Å². The van der Waals surface area contributed by atoms with Gasteiger partial charge in [-0.3, -0.25) is 0 Å². The third kappa shape index (κ3) is 5.96. The van der Waals surface area contributed by atoms with E-state index in [1.165, 1.54) is 12.1 Å². The standard InChI is InChI=1S/C20H24FN3O3.HI/c1-3-22-20(23-11-14-4-9-17-18(10-14)27-13-26-17)24-12-19(25-2)15-5-7-16(21)8-6-15;/h4-10,19H,3,11-13H2,1-2H3,(H2,22,23,24);1H. The number of fused-ring (bicyclic) bond motifs is 1. The monoisotopic (exact) mass is 501 g/mol. The van der Waals surface area contributed by atoms with Crippen molar-refractivity contribution in [2.24, 2.45) is 4.99 Å². The zero-order valence-electron chi connectivity index (χ0n) is 15.9. The molecule has 0 radical (unpaired) electrons. The summed E-state index contributed by atoms with van der Waals surface area (Å²) >= 11 is 0. The van der Waals surface area contributed by atoms with Crippen LogP contribution in [0.15, 0.2) is 47.5 Å². The van der Waals surface area contributed by atoms with Crippen LogP contribution in [0, 0.1) is 5.82 Å². The molecular weight excluding hydrogens is 476 g/mol. The number of benzene rings is 2. The Morgan fingerprint density at radius 1 is 1.14 bits per heavy atom. The van der Waals surface area contributed by atoms with Crippen LogP contribution in [-0.2, 0) is 11.3 Å². The first kappa shape index (κ1) is 22.2. The van der Waals surface area contributed by atoms with Crippen LogP contribution < -0.4 is 20.1 Å². The molecule has 152 valence electrons. The predicted molar refractivity (Wildman–Crippen MR) is 117 cm³/mol. The second-order valence-electron chi connectivity index (χ2n) is 6.04. The summed E-state index contributed by atoms with van der Waals surface area (Å²) < 4.78 is 29.4. The second-order valence-corrected chi connectivity index (χ2v) is 6.04. The van der Waals surface area contributed by atoms with Gasteiger partial charge in [-0.2, -0.15) is 0 Å². The van der Waals surface area contributed by atoms with Gasteiger partial charge in [-0.15, -0.1) is 24.0 Å². The van der Waals surface area contributed by atoms with Gasteiger partial charge in [0, 0.05) is 20.2 Å². The Morgan fingerprint density at radius 3 is 2.61 bits per heavy atom. The SMILES string of the molecule is CCNC(=NCc1ccc2c(c1)OCO2)NCC(OC)c1ccc(F)cc1.I. The van der Waals surface area contributed by atoms with Gasteiger partial charge in [0.05, 0.1) is 12.6 Å². The zero-order valence-corrected chi connectivity index (χ0v) is 18.2. The molecule has 1 unspecified atom stereocenters. The van der Waals surface area contributed by atoms with Gasteiger partial charge in [-0.25, -0.2) is 9.38 Å². The van der Waals surface area contributed by atoms with Gasteiger partial charge >= 0.3 is 0 Å². The molecule has 1 aliphatic rings. The molecule has 8 heteroatoms. The van der Waals surface area contributed by atoms with Gasteiger partial charge in [-0.1, -0.05) is 18.2 Å². The summed E-state index contributed by atoms with van der Waals surface area (Å²) in [5.74, 6) is 1.92. The summed E-state index contributed by atoms with van der Waals surface area (Å²) in [6.07, 6.45) is -0.208. The van der Waals surface area contributed by atoms with Crippen molar-refractivity contribution in [2.45, 2.75) is 19.6 Å². The molecule has 28 heavy (non-hydrogen) atoms. The molecule has 0 saturated carbocycles. The van der Waals surface area contributed by atoms with E-state index in [0.29, 0.717) is 19.0 Å². The molecule has 0 spiro atoms. The summed E-state index contributed by atoms with van der Waals surface area (Å²) in [6.45, 7) is 4.01. The average Bonchev–Trinajstić information content (AvgIpc) is 3.15. The third-order valence-corrected chi connectivity index (χ3v) is 4.18. The van der Waals surface area contributed by atoms with Gasteiger partial charge in [0.1, 0.15) is 5.82 Å². The lowest BCUT2D eigenvalue weighted by molar-refractivity contribution is 0.106. The minimum absolute atomic E-state index is 0. The van der Waals surface area contributed by atoms with Crippen molar-refractivity contribution in [1.29, 1.82) is 0 Å². The number of nitrogens with zero attached hydrogens (tertiary/aromatic N) is 1. The van der Waals surface area contributed by atoms with Crippen molar-refractivity contribution in [1.82, 2.24) is 10.6 Å². The number of halogens is 2. The van der Waals surface area contributed by atoms with Crippen molar-refractivity contribution in [3.05, 3.63) is 59.4 Å². The molecule has 2 aromatic rings. The van der Waals surface area contributed by atoms with Crippen molar-refractivity contribution in [3.8, 4) is 11.5 Å². The van der Waals surface area contributed by atoms with Gasteiger partial charge < -0.3 is 24.8 Å². The highest BCUT2D eigenvalue weighted by Crippen LogP contribution is 2.32. The van der Waals surface area contributed by atoms with E-state index in [1.807, 2.05) is 25.1 Å². The minimum atomic E-state index is -0.264. The summed E-state index contributed by atoms with van der Waals surface area (Å²) in [7, 11) is 1.63. The highest BCUT2D eigenvalue weighted by molar-refractivity contribution is 14.0. The van der Waals surface area contributed by atoms with Crippen LogP contribution in [0.5, 0.6) is 11.5 Å². The lowest BCUT2D eigenvalue weighted by Crippen LogP contribution is -2.39. The fourth-order valence-electron chi connectivity index (χ4n) is 2.76. The normalized spacial score (nSPS) is 13.6. The molecule has 1 heterocycles. The molecule has 0 aromatic heterocycles. The van der Waals surface area contributed by atoms with E-state index in [1.54, 1.807) is 19.2 Å². The van der Waals surface area contributed by atoms with Crippen molar-refractivity contribution >= 4 is 29.9 Å². The van der Waals surface area contributed by atoms with Crippen LogP contribution in [0.4, 0.5) is 4.39 Å². The number of guanidine groups is 1. The number of nitrogens with one attached hydrogen (secondary N) is 2. The molecule has 0 saturated heterocycles. The van der Waals surface area contributed by atoms with Crippen molar-refractivity contribution in [3.63, 3.8) is 0 Å². The Labute approximate surface area is 181 Å². The van der Waals surface area contributed by atoms with Gasteiger partial charge in [0.2, 0.25) is 6.79 Å². The van der Waals surface area contributed by atoms with Crippen LogP contribution in [0.3, 0.4) is 0 Å². The molecule has 6 nitrogen and oxygen atoms in total. The molecular formula is C20H25FIN3O3. The fraction of sp³-hybridized carbons (Fsp3) is 0.350. The zero-order chi connectivity index (χ0) is 19.1. The Balaban J connectivity index is 0.00000280. The number of hydrogen-bond acceptors (Lipinski definition) is 4. The lowest BCUT2D eigenvalue weighted by Gasteiger charge is -2.18.